The molecule has 1 aliphatic carbocycles. The lowest BCUT2D eigenvalue weighted by Crippen LogP contribution is -2.52. The van der Waals surface area contributed by atoms with Crippen molar-refractivity contribution in [3.8, 4) is 0 Å². The van der Waals surface area contributed by atoms with E-state index >= 15 is 0 Å². The van der Waals surface area contributed by atoms with Crippen LogP contribution in [0, 0.1) is 5.41 Å². The van der Waals surface area contributed by atoms with Gasteiger partial charge in [0.1, 0.15) is 0 Å². The van der Waals surface area contributed by atoms with E-state index in [-0.39, 0.29) is 10.5 Å². The summed E-state index contributed by atoms with van der Waals surface area (Å²) < 4.78 is 0. The molecule has 0 aliphatic heterocycles. The summed E-state index contributed by atoms with van der Waals surface area (Å²) in [7, 11) is 0. The Morgan fingerprint density at radius 2 is 2.00 bits per heavy atom. The monoisotopic (exact) mass is 201 g/mol. The van der Waals surface area contributed by atoms with Gasteiger partial charge in [-0.15, -0.1) is 0 Å². The molecule has 0 radical (unpaired) electrons. The van der Waals surface area contributed by atoms with Gasteiger partial charge in [-0.25, -0.2) is 0 Å². The third kappa shape index (κ3) is 2.99. The number of rotatable bonds is 2. The molecule has 1 aliphatic rings. The topological polar surface area (TPSA) is 43.1 Å². The molecular formula is C10H19NOS. The van der Waals surface area contributed by atoms with E-state index in [1.165, 1.54) is 11.8 Å². The molecule has 0 amide bonds. The highest BCUT2D eigenvalue weighted by Crippen LogP contribution is 2.35. The normalized spacial score (nSPS) is 20.9. The standard InChI is InChI=1S/C10H19NOS/c1-9(2,3)7-13-8(12)10(11)5-4-6-10/h4-7,11H2,1-3H3. The van der Waals surface area contributed by atoms with Crippen LogP contribution in [0.15, 0.2) is 0 Å². The molecule has 2 N–H and O–H groups in total. The highest BCUT2D eigenvalue weighted by molar-refractivity contribution is 8.13. The maximum atomic E-state index is 11.6. The lowest BCUT2D eigenvalue weighted by Gasteiger charge is -2.36. The molecule has 0 spiro atoms. The fourth-order valence-corrected chi connectivity index (χ4v) is 2.24. The van der Waals surface area contributed by atoms with Crippen LogP contribution in [0.4, 0.5) is 0 Å². The van der Waals surface area contributed by atoms with Crippen molar-refractivity contribution in [3.05, 3.63) is 0 Å². The quantitative estimate of drug-likeness (QED) is 0.744. The van der Waals surface area contributed by atoms with Gasteiger partial charge < -0.3 is 5.73 Å². The molecule has 0 bridgehead atoms. The first kappa shape index (κ1) is 11.1. The van der Waals surface area contributed by atoms with Crippen molar-refractivity contribution in [1.29, 1.82) is 0 Å². The van der Waals surface area contributed by atoms with Crippen molar-refractivity contribution in [2.75, 3.05) is 5.75 Å². The zero-order chi connectivity index (χ0) is 10.1. The smallest absolute Gasteiger partial charge is 0.208 e. The highest BCUT2D eigenvalue weighted by Gasteiger charge is 2.40. The molecule has 0 atom stereocenters. The first-order valence-electron chi connectivity index (χ1n) is 4.80. The summed E-state index contributed by atoms with van der Waals surface area (Å²) >= 11 is 1.40. The number of thioether (sulfide) groups is 1. The first-order chi connectivity index (χ1) is 5.83. The second-order valence-electron chi connectivity index (χ2n) is 5.15. The molecule has 3 heteroatoms. The lowest BCUT2D eigenvalue weighted by molar-refractivity contribution is -0.118. The van der Waals surface area contributed by atoms with E-state index < -0.39 is 5.54 Å². The molecule has 0 aromatic rings. The minimum atomic E-state index is -0.476. The van der Waals surface area contributed by atoms with Gasteiger partial charge in [0, 0.05) is 5.75 Å². The van der Waals surface area contributed by atoms with Crippen LogP contribution >= 0.6 is 11.8 Å². The largest absolute Gasteiger partial charge is 0.318 e. The van der Waals surface area contributed by atoms with Crippen LogP contribution in [0.3, 0.4) is 0 Å². The summed E-state index contributed by atoms with van der Waals surface area (Å²) in [6.07, 6.45) is 2.87. The highest BCUT2D eigenvalue weighted by atomic mass is 32.2. The first-order valence-corrected chi connectivity index (χ1v) is 5.78. The van der Waals surface area contributed by atoms with Crippen LogP contribution in [0.25, 0.3) is 0 Å². The van der Waals surface area contributed by atoms with Gasteiger partial charge in [0.15, 0.2) is 0 Å². The molecule has 0 saturated heterocycles. The Balaban J connectivity index is 2.34. The van der Waals surface area contributed by atoms with Crippen LogP contribution in [0.2, 0.25) is 0 Å². The number of hydrogen-bond acceptors (Lipinski definition) is 3. The molecule has 13 heavy (non-hydrogen) atoms. The van der Waals surface area contributed by atoms with Gasteiger partial charge >= 0.3 is 0 Å². The predicted molar refractivity (Wildman–Crippen MR) is 57.7 cm³/mol. The molecule has 1 fully saturated rings. The molecule has 1 rings (SSSR count). The van der Waals surface area contributed by atoms with Gasteiger partial charge in [-0.1, -0.05) is 32.5 Å². The van der Waals surface area contributed by atoms with E-state index in [0.717, 1.165) is 25.0 Å². The Morgan fingerprint density at radius 1 is 1.46 bits per heavy atom. The Bertz CT molecular complexity index is 203. The Morgan fingerprint density at radius 3 is 2.31 bits per heavy atom. The fourth-order valence-electron chi connectivity index (χ4n) is 1.19. The summed E-state index contributed by atoms with van der Waals surface area (Å²) in [6, 6.07) is 0. The predicted octanol–water partition coefficient (Wildman–Crippen LogP) is 2.17. The van der Waals surface area contributed by atoms with Crippen LogP contribution in [-0.2, 0) is 4.79 Å². The van der Waals surface area contributed by atoms with Gasteiger partial charge in [0.25, 0.3) is 0 Å². The zero-order valence-electron chi connectivity index (χ0n) is 8.72. The minimum absolute atomic E-state index is 0.189. The second-order valence-corrected chi connectivity index (χ2v) is 6.09. The molecule has 76 valence electrons. The number of nitrogens with two attached hydrogens (primary N) is 1. The van der Waals surface area contributed by atoms with Crippen molar-refractivity contribution in [3.63, 3.8) is 0 Å². The van der Waals surface area contributed by atoms with E-state index in [4.69, 9.17) is 5.73 Å². The lowest BCUT2D eigenvalue weighted by atomic mass is 9.79. The Kier molecular flexibility index (Phi) is 3.08. The molecular weight excluding hydrogens is 182 g/mol. The SMILES string of the molecule is CC(C)(C)CSC(=O)C1(N)CCC1. The van der Waals surface area contributed by atoms with Crippen LogP contribution in [-0.4, -0.2) is 16.4 Å². The molecule has 1 saturated carbocycles. The molecule has 0 aromatic carbocycles. The van der Waals surface area contributed by atoms with Crippen LogP contribution in [0.5, 0.6) is 0 Å². The molecule has 2 nitrogen and oxygen atoms in total. The van der Waals surface area contributed by atoms with Gasteiger partial charge in [-0.2, -0.15) is 0 Å². The van der Waals surface area contributed by atoms with E-state index in [2.05, 4.69) is 20.8 Å². The molecule has 0 heterocycles. The summed E-state index contributed by atoms with van der Waals surface area (Å²) in [6.45, 7) is 6.41. The van der Waals surface area contributed by atoms with E-state index in [1.807, 2.05) is 0 Å². The summed E-state index contributed by atoms with van der Waals surface area (Å²) in [5.41, 5.74) is 5.64. The number of carbonyl (C=O) groups excluding carboxylic acids is 1. The zero-order valence-corrected chi connectivity index (χ0v) is 9.54. The number of hydrogen-bond donors (Lipinski definition) is 1. The Labute approximate surface area is 84.6 Å². The molecule has 0 aromatic heterocycles. The average Bonchev–Trinajstić information content (AvgIpc) is 1.94. The summed E-state index contributed by atoms with van der Waals surface area (Å²) in [5, 5.41) is 0.189. The van der Waals surface area contributed by atoms with E-state index in [1.54, 1.807) is 0 Å². The van der Waals surface area contributed by atoms with Crippen molar-refractivity contribution in [2.24, 2.45) is 11.1 Å². The maximum absolute atomic E-state index is 11.6. The minimum Gasteiger partial charge on any atom is -0.318 e. The van der Waals surface area contributed by atoms with Crippen molar-refractivity contribution in [2.45, 2.75) is 45.6 Å². The summed E-state index contributed by atoms with van der Waals surface area (Å²) in [4.78, 5) is 11.6. The Hall–Kier alpha value is -0.0200. The van der Waals surface area contributed by atoms with Crippen LogP contribution < -0.4 is 5.73 Å². The van der Waals surface area contributed by atoms with Crippen molar-refractivity contribution in [1.82, 2.24) is 0 Å². The van der Waals surface area contributed by atoms with Crippen molar-refractivity contribution < 1.29 is 4.79 Å². The van der Waals surface area contributed by atoms with Gasteiger partial charge in [0.2, 0.25) is 5.12 Å². The van der Waals surface area contributed by atoms with Gasteiger partial charge in [0.05, 0.1) is 5.54 Å². The second kappa shape index (κ2) is 3.62. The van der Waals surface area contributed by atoms with E-state index in [9.17, 15) is 4.79 Å². The number of carbonyl (C=O) groups is 1. The summed E-state index contributed by atoms with van der Waals surface area (Å²) in [5.74, 6) is 0.866. The third-order valence-corrected chi connectivity index (χ3v) is 3.97. The third-order valence-electron chi connectivity index (χ3n) is 2.29. The van der Waals surface area contributed by atoms with Crippen molar-refractivity contribution >= 4 is 16.9 Å². The van der Waals surface area contributed by atoms with Crippen LogP contribution in [0.1, 0.15) is 40.0 Å². The molecule has 0 unspecified atom stereocenters. The average molecular weight is 201 g/mol. The van der Waals surface area contributed by atoms with E-state index in [0.29, 0.717) is 0 Å². The van der Waals surface area contributed by atoms with Gasteiger partial charge in [-0.05, 0) is 24.7 Å². The maximum Gasteiger partial charge on any atom is 0.208 e. The fraction of sp³-hybridized carbons (Fsp3) is 0.900. The van der Waals surface area contributed by atoms with Gasteiger partial charge in [-0.3, -0.25) is 4.79 Å².